The summed E-state index contributed by atoms with van der Waals surface area (Å²) in [7, 11) is -4.59. The van der Waals surface area contributed by atoms with E-state index in [1.165, 1.54) is 0 Å². The van der Waals surface area contributed by atoms with Crippen molar-refractivity contribution in [1.29, 1.82) is 0 Å². The third-order valence-corrected chi connectivity index (χ3v) is 2.06. The molecule has 0 aromatic heterocycles. The quantitative estimate of drug-likeness (QED) is 0.261. The van der Waals surface area contributed by atoms with Crippen molar-refractivity contribution in [2.24, 2.45) is 5.73 Å². The Morgan fingerprint density at radius 3 is 2.18 bits per heavy atom. The van der Waals surface area contributed by atoms with Crippen LogP contribution >= 0.6 is 0 Å². The van der Waals surface area contributed by atoms with Crippen LogP contribution in [0.3, 0.4) is 0 Å². The molecule has 2 N–H and O–H groups in total. The summed E-state index contributed by atoms with van der Waals surface area (Å²) in [6.07, 6.45) is 0. The molecule has 0 aromatic carbocycles. The van der Waals surface area contributed by atoms with Crippen molar-refractivity contribution in [1.82, 2.24) is 4.31 Å². The van der Waals surface area contributed by atoms with Gasteiger partial charge in [0.05, 0.1) is 6.54 Å². The van der Waals surface area contributed by atoms with Gasteiger partial charge >= 0.3 is 51.4 Å². The second kappa shape index (κ2) is 3.79. The number of carbonyl (C=O) groups excluding carboxylic acids is 1. The minimum absolute atomic E-state index is 0. The van der Waals surface area contributed by atoms with E-state index in [-0.39, 0.29) is 62.2 Å². The molecule has 6 nitrogen and oxygen atoms in total. The first-order valence-corrected chi connectivity index (χ1v) is 3.82. The fourth-order valence-electron chi connectivity index (χ4n) is 0.621. The number of rotatable bonds is 1. The standard InChI is InChI=1S/C3H6N2O4S.K/c4-2-1-5(3(2)6)10(7,8)9;/h2H,1,4H2,(H,7,8,9);/q;+1/p-1. The van der Waals surface area contributed by atoms with Crippen LogP contribution in [0.4, 0.5) is 0 Å². The Morgan fingerprint density at radius 2 is 2.09 bits per heavy atom. The summed E-state index contributed by atoms with van der Waals surface area (Å²) in [4.78, 5) is 10.4. The second-order valence-electron chi connectivity index (χ2n) is 1.93. The predicted octanol–water partition coefficient (Wildman–Crippen LogP) is -5.38. The van der Waals surface area contributed by atoms with Crippen molar-refractivity contribution < 1.29 is 69.1 Å². The van der Waals surface area contributed by atoms with Crippen LogP contribution in [-0.2, 0) is 15.1 Å². The first-order chi connectivity index (χ1) is 4.43. The van der Waals surface area contributed by atoms with E-state index < -0.39 is 22.3 Å². The minimum Gasteiger partial charge on any atom is -0.731 e. The zero-order valence-corrected chi connectivity index (χ0v) is 9.79. The number of amides is 1. The molecule has 0 radical (unpaired) electrons. The Balaban J connectivity index is 0.000001000. The molecule has 1 rings (SSSR count). The van der Waals surface area contributed by atoms with Crippen molar-refractivity contribution in [2.75, 3.05) is 6.54 Å². The number of hydrogen-bond acceptors (Lipinski definition) is 5. The van der Waals surface area contributed by atoms with Crippen LogP contribution in [-0.4, -0.2) is 35.8 Å². The topological polar surface area (TPSA) is 104 Å². The van der Waals surface area contributed by atoms with Gasteiger partial charge in [-0.1, -0.05) is 0 Å². The van der Waals surface area contributed by atoms with Crippen molar-refractivity contribution in [3.63, 3.8) is 0 Å². The van der Waals surface area contributed by atoms with E-state index in [0.717, 1.165) is 0 Å². The van der Waals surface area contributed by atoms with Gasteiger partial charge in [0, 0.05) is 0 Å². The molecule has 11 heavy (non-hydrogen) atoms. The summed E-state index contributed by atoms with van der Waals surface area (Å²) in [5.41, 5.74) is 5.01. The van der Waals surface area contributed by atoms with Gasteiger partial charge in [-0.25, -0.2) is 12.7 Å². The van der Waals surface area contributed by atoms with Gasteiger partial charge in [0.1, 0.15) is 6.04 Å². The molecule has 0 bridgehead atoms. The maximum Gasteiger partial charge on any atom is 1.00 e. The van der Waals surface area contributed by atoms with Crippen LogP contribution in [0.2, 0.25) is 0 Å². The van der Waals surface area contributed by atoms with Crippen LogP contribution in [0.15, 0.2) is 0 Å². The molecule has 1 aliphatic heterocycles. The molecule has 0 spiro atoms. The molecule has 1 heterocycles. The van der Waals surface area contributed by atoms with Gasteiger partial charge in [-0.3, -0.25) is 4.79 Å². The minimum atomic E-state index is -4.59. The summed E-state index contributed by atoms with van der Waals surface area (Å²) in [5.74, 6) is -0.824. The monoisotopic (exact) mass is 204 g/mol. The van der Waals surface area contributed by atoms with Crippen LogP contribution in [0, 0.1) is 0 Å². The third-order valence-electron chi connectivity index (χ3n) is 1.20. The molecule has 1 unspecified atom stereocenters. The Hall–Kier alpha value is 0.976. The molecule has 1 amide bonds. The largest absolute Gasteiger partial charge is 1.00 e. The SMILES string of the molecule is NC1CN(S(=O)(=O)[O-])C1=O.[K+]. The first-order valence-electron chi connectivity index (χ1n) is 2.46. The smallest absolute Gasteiger partial charge is 0.731 e. The summed E-state index contributed by atoms with van der Waals surface area (Å²) in [5, 5.41) is 0. The van der Waals surface area contributed by atoms with E-state index in [4.69, 9.17) is 5.73 Å². The summed E-state index contributed by atoms with van der Waals surface area (Å²) in [6, 6.07) is -0.816. The van der Waals surface area contributed by atoms with Crippen LogP contribution < -0.4 is 57.1 Å². The van der Waals surface area contributed by atoms with Gasteiger partial charge in [-0.15, -0.1) is 0 Å². The molecule has 0 aliphatic carbocycles. The van der Waals surface area contributed by atoms with Crippen LogP contribution in [0.25, 0.3) is 0 Å². The fourth-order valence-corrected chi connectivity index (χ4v) is 1.32. The van der Waals surface area contributed by atoms with Gasteiger partial charge < -0.3 is 10.3 Å². The van der Waals surface area contributed by atoms with Crippen molar-refractivity contribution in [3.05, 3.63) is 0 Å². The first kappa shape index (κ1) is 12.0. The van der Waals surface area contributed by atoms with Crippen molar-refractivity contribution in [2.45, 2.75) is 6.04 Å². The number of hydrogen-bond donors (Lipinski definition) is 1. The van der Waals surface area contributed by atoms with E-state index >= 15 is 0 Å². The molecule has 0 aromatic rings. The molecule has 58 valence electrons. The average Bonchev–Trinajstić information content (AvgIpc) is 1.79. The molecule has 1 atom stereocenters. The molecule has 1 aliphatic rings. The Labute approximate surface area is 106 Å². The maximum absolute atomic E-state index is 10.4. The number of carbonyl (C=O) groups is 1. The molecule has 0 saturated carbocycles. The number of β-lactam (4-membered cyclic amide) rings is 1. The van der Waals surface area contributed by atoms with E-state index in [1.54, 1.807) is 0 Å². The van der Waals surface area contributed by atoms with Gasteiger partial charge in [0.25, 0.3) is 5.91 Å². The van der Waals surface area contributed by atoms with E-state index in [0.29, 0.717) is 0 Å². The molecule has 8 heteroatoms. The van der Waals surface area contributed by atoms with E-state index in [2.05, 4.69) is 0 Å². The zero-order valence-electron chi connectivity index (χ0n) is 5.85. The Bertz CT molecular complexity index is 263. The Morgan fingerprint density at radius 1 is 1.64 bits per heavy atom. The van der Waals surface area contributed by atoms with Crippen LogP contribution in [0.1, 0.15) is 0 Å². The Kier molecular flexibility index (Phi) is 4.13. The van der Waals surface area contributed by atoms with Gasteiger partial charge in [0.2, 0.25) is 0 Å². The second-order valence-corrected chi connectivity index (χ2v) is 3.23. The normalized spacial score (nSPS) is 24.0. The molecule has 1 fully saturated rings. The average molecular weight is 204 g/mol. The summed E-state index contributed by atoms with van der Waals surface area (Å²) in [6.45, 7) is -0.190. The third kappa shape index (κ3) is 2.46. The van der Waals surface area contributed by atoms with Crippen molar-refractivity contribution >= 4 is 16.2 Å². The van der Waals surface area contributed by atoms with E-state index in [9.17, 15) is 17.8 Å². The number of nitrogens with two attached hydrogens (primary N) is 1. The molecular formula is C3H5KN2O4S. The molecular weight excluding hydrogens is 199 g/mol. The predicted molar refractivity (Wildman–Crippen MR) is 29.4 cm³/mol. The summed E-state index contributed by atoms with van der Waals surface area (Å²) >= 11 is 0. The number of nitrogens with zero attached hydrogens (tertiary/aromatic N) is 1. The molecule has 1 saturated heterocycles. The van der Waals surface area contributed by atoms with E-state index in [1.807, 2.05) is 0 Å². The van der Waals surface area contributed by atoms with Gasteiger partial charge in [-0.2, -0.15) is 0 Å². The van der Waals surface area contributed by atoms with Crippen molar-refractivity contribution in [3.8, 4) is 0 Å². The van der Waals surface area contributed by atoms with Gasteiger partial charge in [-0.05, 0) is 0 Å². The summed E-state index contributed by atoms with van der Waals surface area (Å²) < 4.78 is 30.4. The fraction of sp³-hybridized carbons (Fsp3) is 0.667. The van der Waals surface area contributed by atoms with Crippen LogP contribution in [0.5, 0.6) is 0 Å². The zero-order chi connectivity index (χ0) is 7.94. The maximum atomic E-state index is 10.4. The van der Waals surface area contributed by atoms with Gasteiger partial charge in [0.15, 0.2) is 10.3 Å².